The number of primary amides is 1. The standard InChI is InChI=1S/C13H15F3N2O2/c14-13(15,16)20-10-3-1-2-9(6-10)11(12(17)19)18-7-8-4-5-8/h1-3,6,8,11,18H,4-5,7H2,(H2,17,19). The lowest BCUT2D eigenvalue weighted by Crippen LogP contribution is -2.34. The zero-order chi connectivity index (χ0) is 14.8. The predicted octanol–water partition coefficient (Wildman–Crippen LogP) is 2.11. The minimum absolute atomic E-state index is 0.361. The summed E-state index contributed by atoms with van der Waals surface area (Å²) in [4.78, 5) is 11.4. The highest BCUT2D eigenvalue weighted by Crippen LogP contribution is 2.29. The van der Waals surface area contributed by atoms with E-state index in [1.54, 1.807) is 6.07 Å². The molecule has 3 N–H and O–H groups in total. The van der Waals surface area contributed by atoms with Gasteiger partial charge in [0, 0.05) is 0 Å². The number of ether oxygens (including phenoxy) is 1. The summed E-state index contributed by atoms with van der Waals surface area (Å²) in [5, 5.41) is 2.98. The summed E-state index contributed by atoms with van der Waals surface area (Å²) in [6.45, 7) is 0.623. The fraction of sp³-hybridized carbons (Fsp3) is 0.462. The first kappa shape index (κ1) is 14.6. The van der Waals surface area contributed by atoms with Crippen LogP contribution in [0, 0.1) is 5.92 Å². The molecule has 0 aliphatic heterocycles. The number of carbonyl (C=O) groups excluding carboxylic acids is 1. The average molecular weight is 288 g/mol. The first-order valence-corrected chi connectivity index (χ1v) is 6.23. The third-order valence-corrected chi connectivity index (χ3v) is 3.02. The molecule has 0 radical (unpaired) electrons. The number of halogens is 3. The SMILES string of the molecule is NC(=O)C(NCC1CC1)c1cccc(OC(F)(F)F)c1. The van der Waals surface area contributed by atoms with Gasteiger partial charge in [-0.05, 0) is 43.0 Å². The molecule has 2 rings (SSSR count). The van der Waals surface area contributed by atoms with Gasteiger partial charge in [-0.2, -0.15) is 0 Å². The van der Waals surface area contributed by atoms with Crippen LogP contribution < -0.4 is 15.8 Å². The van der Waals surface area contributed by atoms with Crippen LogP contribution in [-0.4, -0.2) is 18.8 Å². The molecule has 1 atom stereocenters. The van der Waals surface area contributed by atoms with Crippen LogP contribution in [0.3, 0.4) is 0 Å². The van der Waals surface area contributed by atoms with E-state index in [2.05, 4.69) is 10.1 Å². The molecule has 1 fully saturated rings. The first-order chi connectivity index (χ1) is 9.35. The summed E-state index contributed by atoms with van der Waals surface area (Å²) in [5.41, 5.74) is 5.65. The molecule has 0 bridgehead atoms. The van der Waals surface area contributed by atoms with Crippen LogP contribution >= 0.6 is 0 Å². The molecule has 1 saturated carbocycles. The molecule has 110 valence electrons. The predicted molar refractivity (Wildman–Crippen MR) is 65.8 cm³/mol. The maximum absolute atomic E-state index is 12.2. The molecule has 0 spiro atoms. The molecule has 1 amide bonds. The second kappa shape index (κ2) is 5.70. The van der Waals surface area contributed by atoms with Crippen molar-refractivity contribution < 1.29 is 22.7 Å². The van der Waals surface area contributed by atoms with Crippen molar-refractivity contribution in [3.05, 3.63) is 29.8 Å². The van der Waals surface area contributed by atoms with Crippen molar-refractivity contribution >= 4 is 5.91 Å². The first-order valence-electron chi connectivity index (χ1n) is 6.23. The maximum atomic E-state index is 12.2. The Balaban J connectivity index is 2.10. The lowest BCUT2D eigenvalue weighted by molar-refractivity contribution is -0.274. The molecule has 0 aromatic heterocycles. The maximum Gasteiger partial charge on any atom is 0.573 e. The summed E-state index contributed by atoms with van der Waals surface area (Å²) >= 11 is 0. The Labute approximate surface area is 114 Å². The molecule has 1 aromatic carbocycles. The number of carbonyl (C=O) groups is 1. The van der Waals surface area contributed by atoms with Crippen LogP contribution in [0.2, 0.25) is 0 Å². The minimum Gasteiger partial charge on any atom is -0.406 e. The second-order valence-electron chi connectivity index (χ2n) is 4.81. The van der Waals surface area contributed by atoms with Crippen molar-refractivity contribution in [1.82, 2.24) is 5.32 Å². The number of hydrogen-bond donors (Lipinski definition) is 2. The summed E-state index contributed by atoms with van der Waals surface area (Å²) in [6.07, 6.45) is -2.58. The Morgan fingerprint density at radius 3 is 2.70 bits per heavy atom. The van der Waals surface area contributed by atoms with E-state index in [1.807, 2.05) is 0 Å². The Bertz CT molecular complexity index is 487. The van der Waals surface area contributed by atoms with Gasteiger partial charge in [-0.1, -0.05) is 12.1 Å². The topological polar surface area (TPSA) is 64.4 Å². The molecule has 1 unspecified atom stereocenters. The number of benzene rings is 1. The van der Waals surface area contributed by atoms with Gasteiger partial charge in [-0.25, -0.2) is 0 Å². The van der Waals surface area contributed by atoms with Gasteiger partial charge >= 0.3 is 6.36 Å². The molecular weight excluding hydrogens is 273 g/mol. The Hall–Kier alpha value is -1.76. The molecular formula is C13H15F3N2O2. The van der Waals surface area contributed by atoms with E-state index in [4.69, 9.17) is 5.73 Å². The highest BCUT2D eigenvalue weighted by atomic mass is 19.4. The van der Waals surface area contributed by atoms with Crippen LogP contribution in [0.15, 0.2) is 24.3 Å². The van der Waals surface area contributed by atoms with Crippen molar-refractivity contribution in [2.45, 2.75) is 25.2 Å². The van der Waals surface area contributed by atoms with Crippen molar-refractivity contribution in [1.29, 1.82) is 0 Å². The van der Waals surface area contributed by atoms with Gasteiger partial charge in [0.15, 0.2) is 0 Å². The monoisotopic (exact) mass is 288 g/mol. The highest BCUT2D eigenvalue weighted by molar-refractivity contribution is 5.81. The van der Waals surface area contributed by atoms with Crippen LogP contribution in [0.4, 0.5) is 13.2 Å². The molecule has 0 saturated heterocycles. The number of nitrogens with two attached hydrogens (primary N) is 1. The lowest BCUT2D eigenvalue weighted by atomic mass is 10.1. The largest absolute Gasteiger partial charge is 0.573 e. The molecule has 1 aromatic rings. The van der Waals surface area contributed by atoms with Crippen molar-refractivity contribution in [2.24, 2.45) is 11.7 Å². The van der Waals surface area contributed by atoms with Crippen molar-refractivity contribution in [2.75, 3.05) is 6.54 Å². The van der Waals surface area contributed by atoms with E-state index < -0.39 is 18.3 Å². The quantitative estimate of drug-likeness (QED) is 0.842. The van der Waals surface area contributed by atoms with Gasteiger partial charge in [-0.3, -0.25) is 4.79 Å². The zero-order valence-electron chi connectivity index (χ0n) is 10.6. The van der Waals surface area contributed by atoms with Gasteiger partial charge in [0.1, 0.15) is 11.8 Å². The Kier molecular flexibility index (Phi) is 4.17. The average Bonchev–Trinajstić information content (AvgIpc) is 3.11. The number of hydrogen-bond acceptors (Lipinski definition) is 3. The van der Waals surface area contributed by atoms with Gasteiger partial charge < -0.3 is 15.8 Å². The summed E-state index contributed by atoms with van der Waals surface area (Å²) in [5.74, 6) is -0.476. The smallest absolute Gasteiger partial charge is 0.406 e. The van der Waals surface area contributed by atoms with E-state index >= 15 is 0 Å². The van der Waals surface area contributed by atoms with Crippen LogP contribution in [0.5, 0.6) is 5.75 Å². The Morgan fingerprint density at radius 2 is 2.15 bits per heavy atom. The number of rotatable bonds is 6. The fourth-order valence-corrected chi connectivity index (χ4v) is 1.88. The normalized spacial score (nSPS) is 16.8. The van der Waals surface area contributed by atoms with Gasteiger partial charge in [0.05, 0.1) is 0 Å². The van der Waals surface area contributed by atoms with E-state index in [0.29, 0.717) is 18.0 Å². The number of alkyl halides is 3. The molecule has 7 heteroatoms. The molecule has 1 aliphatic rings. The van der Waals surface area contributed by atoms with Crippen molar-refractivity contribution in [3.63, 3.8) is 0 Å². The number of nitrogens with one attached hydrogen (secondary N) is 1. The minimum atomic E-state index is -4.76. The second-order valence-corrected chi connectivity index (χ2v) is 4.81. The van der Waals surface area contributed by atoms with Crippen LogP contribution in [0.1, 0.15) is 24.4 Å². The molecule has 20 heavy (non-hydrogen) atoms. The van der Waals surface area contributed by atoms with E-state index in [-0.39, 0.29) is 5.75 Å². The van der Waals surface area contributed by atoms with E-state index in [0.717, 1.165) is 12.8 Å². The van der Waals surface area contributed by atoms with Crippen LogP contribution in [-0.2, 0) is 4.79 Å². The Morgan fingerprint density at radius 1 is 1.45 bits per heavy atom. The van der Waals surface area contributed by atoms with E-state index in [1.165, 1.54) is 18.2 Å². The molecule has 4 nitrogen and oxygen atoms in total. The van der Waals surface area contributed by atoms with Crippen LogP contribution in [0.25, 0.3) is 0 Å². The highest BCUT2D eigenvalue weighted by Gasteiger charge is 2.31. The van der Waals surface area contributed by atoms with Crippen molar-refractivity contribution in [3.8, 4) is 5.75 Å². The fourth-order valence-electron chi connectivity index (χ4n) is 1.88. The van der Waals surface area contributed by atoms with Gasteiger partial charge in [-0.15, -0.1) is 13.2 Å². The number of amides is 1. The summed E-state index contributed by atoms with van der Waals surface area (Å²) in [7, 11) is 0. The lowest BCUT2D eigenvalue weighted by Gasteiger charge is -2.17. The zero-order valence-corrected chi connectivity index (χ0v) is 10.6. The third-order valence-electron chi connectivity index (χ3n) is 3.02. The van der Waals surface area contributed by atoms with E-state index in [9.17, 15) is 18.0 Å². The van der Waals surface area contributed by atoms with Gasteiger partial charge in [0.25, 0.3) is 0 Å². The summed E-state index contributed by atoms with van der Waals surface area (Å²) < 4.78 is 40.3. The molecule has 0 heterocycles. The van der Waals surface area contributed by atoms with Gasteiger partial charge in [0.2, 0.25) is 5.91 Å². The molecule has 1 aliphatic carbocycles. The summed E-state index contributed by atoms with van der Waals surface area (Å²) in [6, 6.07) is 4.47. The third kappa shape index (κ3) is 4.41.